The third kappa shape index (κ3) is 8.65. The Kier molecular flexibility index (Phi) is 11.1. The molecule has 5 rings (SSSR count). The third-order valence-corrected chi connectivity index (χ3v) is 8.44. The van der Waals surface area contributed by atoms with Crippen molar-refractivity contribution in [2.75, 3.05) is 39.5 Å². The van der Waals surface area contributed by atoms with Gasteiger partial charge in [0.25, 0.3) is 0 Å². The van der Waals surface area contributed by atoms with E-state index in [9.17, 15) is 14.4 Å². The van der Waals surface area contributed by atoms with E-state index in [1.165, 1.54) is 0 Å². The Hall–Kier alpha value is -4.79. The van der Waals surface area contributed by atoms with E-state index in [2.05, 4.69) is 11.5 Å². The van der Waals surface area contributed by atoms with E-state index in [1.54, 1.807) is 35.6 Å². The number of carbonyl (C=O) groups excluding carboxylic acids is 2. The van der Waals surface area contributed by atoms with E-state index in [0.29, 0.717) is 47.8 Å². The molecule has 0 amide bonds. The Bertz CT molecular complexity index is 1820. The lowest BCUT2D eigenvalue weighted by atomic mass is 10.0. The number of ether oxygens (including phenoxy) is 3. The number of hydrogen-bond donors (Lipinski definition) is 0. The van der Waals surface area contributed by atoms with Gasteiger partial charge in [-0.15, -0.1) is 11.3 Å². The zero-order chi connectivity index (χ0) is 31.4. The van der Waals surface area contributed by atoms with E-state index in [-0.39, 0.29) is 17.8 Å². The fourth-order valence-electron chi connectivity index (χ4n) is 4.96. The number of carbonyl (C=O) groups is 2. The first-order valence-corrected chi connectivity index (χ1v) is 15.8. The summed E-state index contributed by atoms with van der Waals surface area (Å²) in [5, 5.41) is 1.39. The lowest BCUT2D eigenvalue weighted by molar-refractivity contribution is -0.138. The summed E-state index contributed by atoms with van der Waals surface area (Å²) in [4.78, 5) is 39.4. The highest BCUT2D eigenvalue weighted by molar-refractivity contribution is 7.24. The van der Waals surface area contributed by atoms with Crippen molar-refractivity contribution < 1.29 is 23.8 Å². The van der Waals surface area contributed by atoms with Gasteiger partial charge in [0.2, 0.25) is 0 Å². The maximum atomic E-state index is 13.0. The quantitative estimate of drug-likeness (QED) is 0.0389. The smallest absolute Gasteiger partial charge is 0.330 e. The van der Waals surface area contributed by atoms with Crippen LogP contribution in [0.25, 0.3) is 20.2 Å². The lowest BCUT2D eigenvalue weighted by Crippen LogP contribution is -2.32. The summed E-state index contributed by atoms with van der Waals surface area (Å²) in [5.74, 6) is 0.894. The van der Waals surface area contributed by atoms with Gasteiger partial charge in [0.15, 0.2) is 11.2 Å². The fraction of sp³-hybridized carbons (Fsp3) is 0.216. The van der Waals surface area contributed by atoms with Crippen LogP contribution in [0.3, 0.4) is 0 Å². The Labute approximate surface area is 266 Å². The second-order valence-electron chi connectivity index (χ2n) is 10.4. The predicted octanol–water partition coefficient (Wildman–Crippen LogP) is 6.91. The van der Waals surface area contributed by atoms with E-state index < -0.39 is 5.97 Å². The molecule has 0 bridgehead atoms. The molecule has 230 valence electrons. The van der Waals surface area contributed by atoms with Crippen LogP contribution in [0.1, 0.15) is 28.8 Å². The number of fused-ring (bicyclic) bond motifs is 2. The number of benzene rings is 4. The first-order valence-electron chi connectivity index (χ1n) is 14.9. The van der Waals surface area contributed by atoms with Gasteiger partial charge in [-0.05, 0) is 67.4 Å². The molecule has 5 aromatic rings. The van der Waals surface area contributed by atoms with Gasteiger partial charge in [-0.3, -0.25) is 14.5 Å². The average Bonchev–Trinajstić information content (AvgIpc) is 3.08. The van der Waals surface area contributed by atoms with Gasteiger partial charge in [-0.25, -0.2) is 4.79 Å². The van der Waals surface area contributed by atoms with Gasteiger partial charge in [0.1, 0.15) is 18.1 Å². The number of hydrogen-bond acceptors (Lipinski definition) is 8. The fourth-order valence-corrected chi connectivity index (χ4v) is 6.01. The summed E-state index contributed by atoms with van der Waals surface area (Å²) in [6.07, 6.45) is 2.66. The van der Waals surface area contributed by atoms with Crippen LogP contribution in [0.5, 0.6) is 11.5 Å². The van der Waals surface area contributed by atoms with Crippen LogP contribution in [-0.4, -0.2) is 56.1 Å². The molecule has 7 nitrogen and oxygen atoms in total. The molecule has 0 atom stereocenters. The van der Waals surface area contributed by atoms with Crippen LogP contribution in [0, 0.1) is 0 Å². The molecule has 0 radical (unpaired) electrons. The van der Waals surface area contributed by atoms with Crippen LogP contribution < -0.4 is 14.9 Å². The highest BCUT2D eigenvalue weighted by atomic mass is 32.1. The molecule has 4 aromatic carbocycles. The molecule has 1 heterocycles. The standard InChI is InChI=1S/C37H35NO6S/c1-2-35(39)44-25-22-38(20-8-23-42-29-16-14-28(15-17-29)36(40)27-10-4-3-5-11-27)21-9-24-43-30-18-19-34-32(26-30)37(41)31-12-6-7-13-33(31)45-34/h2-7,10-19,26H,1,8-9,20-25H2. The Balaban J connectivity index is 1.10. The predicted molar refractivity (Wildman–Crippen MR) is 180 cm³/mol. The normalized spacial score (nSPS) is 11.0. The summed E-state index contributed by atoms with van der Waals surface area (Å²) >= 11 is 1.60. The van der Waals surface area contributed by atoms with Gasteiger partial charge in [-0.2, -0.15) is 0 Å². The molecule has 0 saturated carbocycles. The number of rotatable bonds is 16. The molecule has 45 heavy (non-hydrogen) atoms. The van der Waals surface area contributed by atoms with Gasteiger partial charge >= 0.3 is 5.97 Å². The van der Waals surface area contributed by atoms with Crippen LogP contribution in [0.2, 0.25) is 0 Å². The molecule has 0 saturated heterocycles. The molecule has 8 heteroatoms. The van der Waals surface area contributed by atoms with Gasteiger partial charge < -0.3 is 14.2 Å². The van der Waals surface area contributed by atoms with Gasteiger partial charge in [0.05, 0.1) is 13.2 Å². The average molecular weight is 622 g/mol. The summed E-state index contributed by atoms with van der Waals surface area (Å²) in [6.45, 7) is 6.72. The van der Waals surface area contributed by atoms with Crippen molar-refractivity contribution in [3.63, 3.8) is 0 Å². The molecular weight excluding hydrogens is 586 g/mol. The zero-order valence-corrected chi connectivity index (χ0v) is 25.8. The van der Waals surface area contributed by atoms with Crippen molar-refractivity contribution in [2.24, 2.45) is 0 Å². The first kappa shape index (κ1) is 31.6. The van der Waals surface area contributed by atoms with Crippen molar-refractivity contribution in [2.45, 2.75) is 12.8 Å². The molecule has 0 spiro atoms. The Morgan fingerprint density at radius 2 is 1.31 bits per heavy atom. The Morgan fingerprint density at radius 3 is 2.04 bits per heavy atom. The molecule has 0 aliphatic rings. The largest absolute Gasteiger partial charge is 0.494 e. The highest BCUT2D eigenvalue weighted by Gasteiger charge is 2.11. The van der Waals surface area contributed by atoms with E-state index >= 15 is 0 Å². The van der Waals surface area contributed by atoms with E-state index in [4.69, 9.17) is 14.2 Å². The van der Waals surface area contributed by atoms with Crippen molar-refractivity contribution in [1.82, 2.24) is 4.90 Å². The van der Waals surface area contributed by atoms with Crippen molar-refractivity contribution in [3.8, 4) is 11.5 Å². The molecule has 0 N–H and O–H groups in total. The first-order chi connectivity index (χ1) is 22.0. The maximum absolute atomic E-state index is 13.0. The van der Waals surface area contributed by atoms with Crippen LogP contribution in [0.15, 0.2) is 115 Å². The second kappa shape index (κ2) is 15.8. The number of ketones is 1. The minimum Gasteiger partial charge on any atom is -0.494 e. The van der Waals surface area contributed by atoms with Crippen molar-refractivity contribution in [3.05, 3.63) is 131 Å². The van der Waals surface area contributed by atoms with Crippen LogP contribution >= 0.6 is 11.3 Å². The number of nitrogens with zero attached hydrogens (tertiary/aromatic N) is 1. The molecule has 0 aliphatic heterocycles. The Morgan fingerprint density at radius 1 is 0.689 bits per heavy atom. The molecule has 0 unspecified atom stereocenters. The summed E-state index contributed by atoms with van der Waals surface area (Å²) in [7, 11) is 0. The van der Waals surface area contributed by atoms with Crippen molar-refractivity contribution >= 4 is 43.3 Å². The second-order valence-corrected chi connectivity index (χ2v) is 11.5. The lowest BCUT2D eigenvalue weighted by Gasteiger charge is -2.22. The minimum atomic E-state index is -0.446. The monoisotopic (exact) mass is 621 g/mol. The third-order valence-electron chi connectivity index (χ3n) is 7.29. The SMILES string of the molecule is C=CC(=O)OCCN(CCCOc1ccc(C(=O)c2ccccc2)cc1)CCCOc1ccc2sc3ccccc3c(=O)c2c1. The van der Waals surface area contributed by atoms with Gasteiger partial charge in [0, 0.05) is 57.0 Å². The van der Waals surface area contributed by atoms with Crippen LogP contribution in [0.4, 0.5) is 0 Å². The van der Waals surface area contributed by atoms with Gasteiger partial charge in [-0.1, -0.05) is 49.0 Å². The zero-order valence-electron chi connectivity index (χ0n) is 25.0. The summed E-state index contributed by atoms with van der Waals surface area (Å²) < 4.78 is 19.1. The maximum Gasteiger partial charge on any atom is 0.330 e. The van der Waals surface area contributed by atoms with E-state index in [0.717, 1.165) is 46.8 Å². The number of esters is 1. The molecular formula is C37H35NO6S. The van der Waals surface area contributed by atoms with E-state index in [1.807, 2.05) is 72.8 Å². The highest BCUT2D eigenvalue weighted by Crippen LogP contribution is 2.27. The van der Waals surface area contributed by atoms with Crippen LogP contribution in [-0.2, 0) is 9.53 Å². The molecule has 1 aromatic heterocycles. The molecule has 0 fully saturated rings. The summed E-state index contributed by atoms with van der Waals surface area (Å²) in [6, 6.07) is 29.7. The molecule has 0 aliphatic carbocycles. The minimum absolute atomic E-state index is 0.0175. The summed E-state index contributed by atoms with van der Waals surface area (Å²) in [5.41, 5.74) is 1.28. The topological polar surface area (TPSA) is 82.1 Å². The van der Waals surface area contributed by atoms with Crippen molar-refractivity contribution in [1.29, 1.82) is 0 Å².